The molecule has 0 aromatic heterocycles. The Morgan fingerprint density at radius 1 is 1.03 bits per heavy atom. The third-order valence-corrected chi connectivity index (χ3v) is 6.64. The van der Waals surface area contributed by atoms with E-state index in [0.29, 0.717) is 18.6 Å². The zero-order chi connectivity index (χ0) is 22.2. The molecule has 0 amide bonds. The highest BCUT2D eigenvalue weighted by molar-refractivity contribution is 7.86. The van der Waals surface area contributed by atoms with Crippen LogP contribution in [0.3, 0.4) is 0 Å². The van der Waals surface area contributed by atoms with Gasteiger partial charge < -0.3 is 4.74 Å². The summed E-state index contributed by atoms with van der Waals surface area (Å²) in [7, 11) is -3.95. The molecule has 0 heterocycles. The molecule has 5 nitrogen and oxygen atoms in total. The summed E-state index contributed by atoms with van der Waals surface area (Å²) in [6.45, 7) is 5.54. The summed E-state index contributed by atoms with van der Waals surface area (Å²) in [5.41, 5.74) is 1.12. The molecular formula is C24H38O5S. The molecule has 0 aliphatic rings. The Morgan fingerprint density at radius 2 is 1.63 bits per heavy atom. The molecule has 1 atom stereocenters. The van der Waals surface area contributed by atoms with Crippen LogP contribution in [-0.2, 0) is 21.3 Å². The SMILES string of the molecule is C=CC(=O)Oc1cccc(CCCCCCCC(CCCCCCC)S(=O)(=O)O)c1. The quantitative estimate of drug-likeness (QED) is 0.102. The Balaban J connectivity index is 2.22. The summed E-state index contributed by atoms with van der Waals surface area (Å²) < 4.78 is 37.8. The molecule has 1 aromatic carbocycles. The maximum atomic E-state index is 11.6. The Morgan fingerprint density at radius 3 is 2.23 bits per heavy atom. The van der Waals surface area contributed by atoms with Gasteiger partial charge in [-0.05, 0) is 43.4 Å². The van der Waals surface area contributed by atoms with Crippen molar-refractivity contribution in [2.75, 3.05) is 0 Å². The van der Waals surface area contributed by atoms with Crippen molar-refractivity contribution in [3.8, 4) is 5.75 Å². The van der Waals surface area contributed by atoms with Crippen LogP contribution in [0.4, 0.5) is 0 Å². The largest absolute Gasteiger partial charge is 0.423 e. The number of benzene rings is 1. The molecule has 170 valence electrons. The van der Waals surface area contributed by atoms with Crippen LogP contribution in [0, 0.1) is 0 Å². The van der Waals surface area contributed by atoms with E-state index in [1.165, 1.54) is 6.42 Å². The molecule has 6 heteroatoms. The van der Waals surface area contributed by atoms with Gasteiger partial charge in [-0.15, -0.1) is 0 Å². The minimum Gasteiger partial charge on any atom is -0.423 e. The highest BCUT2D eigenvalue weighted by atomic mass is 32.2. The van der Waals surface area contributed by atoms with Crippen LogP contribution in [0.1, 0.15) is 89.5 Å². The molecule has 0 aliphatic heterocycles. The van der Waals surface area contributed by atoms with Gasteiger partial charge in [0.25, 0.3) is 10.1 Å². The second-order valence-electron chi connectivity index (χ2n) is 7.92. The maximum Gasteiger partial charge on any atom is 0.335 e. The maximum absolute atomic E-state index is 11.6. The van der Waals surface area contributed by atoms with Crippen molar-refractivity contribution in [2.45, 2.75) is 95.6 Å². The Bertz CT molecular complexity index is 727. The molecule has 0 saturated heterocycles. The molecule has 0 bridgehead atoms. The second-order valence-corrected chi connectivity index (χ2v) is 9.62. The fourth-order valence-corrected chi connectivity index (χ4v) is 4.50. The van der Waals surface area contributed by atoms with Gasteiger partial charge in [0.05, 0.1) is 5.25 Å². The van der Waals surface area contributed by atoms with Crippen LogP contribution in [0.5, 0.6) is 5.75 Å². The Kier molecular flexibility index (Phi) is 13.4. The molecule has 0 spiro atoms. The normalized spacial score (nSPS) is 12.5. The summed E-state index contributed by atoms with van der Waals surface area (Å²) in [5.74, 6) is 0.0691. The first kappa shape index (κ1) is 26.4. The molecule has 1 rings (SSSR count). The standard InChI is InChI=1S/C24H38O5S/c1-3-5-6-8-12-18-23(30(26,27)28)19-13-10-7-9-11-15-21-16-14-17-22(20-21)29-24(25)4-2/h4,14,16-17,20,23H,2-3,5-13,15,18-19H2,1H3,(H,26,27,28). The number of hydrogen-bond donors (Lipinski definition) is 1. The molecule has 1 aromatic rings. The monoisotopic (exact) mass is 438 g/mol. The van der Waals surface area contributed by atoms with Gasteiger partial charge >= 0.3 is 5.97 Å². The Hall–Kier alpha value is -1.66. The van der Waals surface area contributed by atoms with Crippen LogP contribution >= 0.6 is 0 Å². The molecule has 0 saturated carbocycles. The highest BCUT2D eigenvalue weighted by Crippen LogP contribution is 2.20. The van der Waals surface area contributed by atoms with E-state index in [0.717, 1.165) is 75.8 Å². The van der Waals surface area contributed by atoms with Crippen molar-refractivity contribution in [1.82, 2.24) is 0 Å². The predicted octanol–water partition coefficient (Wildman–Crippen LogP) is 6.28. The number of hydrogen-bond acceptors (Lipinski definition) is 4. The van der Waals surface area contributed by atoms with E-state index in [9.17, 15) is 17.8 Å². The van der Waals surface area contributed by atoms with Crippen LogP contribution in [-0.4, -0.2) is 24.2 Å². The van der Waals surface area contributed by atoms with E-state index in [2.05, 4.69) is 13.5 Å². The lowest BCUT2D eigenvalue weighted by atomic mass is 10.0. The van der Waals surface area contributed by atoms with Crippen molar-refractivity contribution in [3.05, 3.63) is 42.5 Å². The van der Waals surface area contributed by atoms with Gasteiger partial charge in [-0.1, -0.05) is 83.4 Å². The minimum atomic E-state index is -3.95. The van der Waals surface area contributed by atoms with Gasteiger partial charge in [-0.2, -0.15) is 8.42 Å². The molecule has 0 fully saturated rings. The molecule has 30 heavy (non-hydrogen) atoms. The van der Waals surface area contributed by atoms with Crippen LogP contribution in [0.15, 0.2) is 36.9 Å². The molecule has 1 N–H and O–H groups in total. The first-order chi connectivity index (χ1) is 14.4. The van der Waals surface area contributed by atoms with E-state index in [-0.39, 0.29) is 0 Å². The topological polar surface area (TPSA) is 80.7 Å². The zero-order valence-electron chi connectivity index (χ0n) is 18.4. The van der Waals surface area contributed by atoms with Crippen LogP contribution in [0.25, 0.3) is 0 Å². The van der Waals surface area contributed by atoms with Crippen molar-refractivity contribution in [3.63, 3.8) is 0 Å². The van der Waals surface area contributed by atoms with Crippen molar-refractivity contribution in [2.24, 2.45) is 0 Å². The van der Waals surface area contributed by atoms with E-state index in [1.54, 1.807) is 6.07 Å². The number of unbranched alkanes of at least 4 members (excludes halogenated alkanes) is 8. The minimum absolute atomic E-state index is 0.462. The predicted molar refractivity (Wildman–Crippen MR) is 122 cm³/mol. The number of carbonyl (C=O) groups is 1. The molecule has 0 radical (unpaired) electrons. The lowest BCUT2D eigenvalue weighted by Gasteiger charge is -2.13. The summed E-state index contributed by atoms with van der Waals surface area (Å²) in [6.07, 6.45) is 13.5. The lowest BCUT2D eigenvalue weighted by molar-refractivity contribution is -0.128. The molecular weight excluding hydrogens is 400 g/mol. The summed E-state index contributed by atoms with van der Waals surface area (Å²) in [6, 6.07) is 7.51. The fraction of sp³-hybridized carbons (Fsp3) is 0.625. The van der Waals surface area contributed by atoms with Gasteiger partial charge in [0.15, 0.2) is 0 Å². The number of ether oxygens (including phenoxy) is 1. The van der Waals surface area contributed by atoms with Gasteiger partial charge in [-0.3, -0.25) is 4.55 Å². The second kappa shape index (κ2) is 15.2. The van der Waals surface area contributed by atoms with Gasteiger partial charge in [0, 0.05) is 6.08 Å². The van der Waals surface area contributed by atoms with Crippen molar-refractivity contribution < 1.29 is 22.5 Å². The van der Waals surface area contributed by atoms with E-state index in [1.807, 2.05) is 18.2 Å². The summed E-state index contributed by atoms with van der Waals surface area (Å²) >= 11 is 0. The average Bonchev–Trinajstić information content (AvgIpc) is 2.70. The number of aryl methyl sites for hydroxylation is 1. The fourth-order valence-electron chi connectivity index (χ4n) is 3.57. The Labute approximate surface area is 182 Å². The molecule has 1 unspecified atom stereocenters. The first-order valence-corrected chi connectivity index (χ1v) is 12.8. The van der Waals surface area contributed by atoms with Crippen molar-refractivity contribution >= 4 is 16.1 Å². The van der Waals surface area contributed by atoms with Gasteiger partial charge in [0.2, 0.25) is 0 Å². The van der Waals surface area contributed by atoms with Crippen molar-refractivity contribution in [1.29, 1.82) is 0 Å². The van der Waals surface area contributed by atoms with Crippen LogP contribution < -0.4 is 4.74 Å². The van der Waals surface area contributed by atoms with E-state index >= 15 is 0 Å². The first-order valence-electron chi connectivity index (χ1n) is 11.3. The van der Waals surface area contributed by atoms with E-state index < -0.39 is 21.3 Å². The van der Waals surface area contributed by atoms with Gasteiger partial charge in [-0.25, -0.2) is 4.79 Å². The van der Waals surface area contributed by atoms with E-state index in [4.69, 9.17) is 4.74 Å². The van der Waals surface area contributed by atoms with Crippen LogP contribution in [0.2, 0.25) is 0 Å². The zero-order valence-corrected chi connectivity index (χ0v) is 19.2. The third-order valence-electron chi connectivity index (χ3n) is 5.33. The van der Waals surface area contributed by atoms with Gasteiger partial charge in [0.1, 0.15) is 5.75 Å². The summed E-state index contributed by atoms with van der Waals surface area (Å²) in [4.78, 5) is 11.3. The highest BCUT2D eigenvalue weighted by Gasteiger charge is 2.21. The number of carbonyl (C=O) groups excluding carboxylic acids is 1. The lowest BCUT2D eigenvalue weighted by Crippen LogP contribution is -2.20. The molecule has 0 aliphatic carbocycles. The third kappa shape index (κ3) is 12.1. The summed E-state index contributed by atoms with van der Waals surface area (Å²) in [5, 5.41) is -0.611. The smallest absolute Gasteiger partial charge is 0.335 e. The average molecular weight is 439 g/mol. The number of esters is 1. The number of rotatable bonds is 17.